The van der Waals surface area contributed by atoms with Gasteiger partial charge in [-0.2, -0.15) is 39.5 Å². The second-order valence-corrected chi connectivity index (χ2v) is 12.3. The third-order valence-corrected chi connectivity index (χ3v) is 7.59. The lowest BCUT2D eigenvalue weighted by Crippen LogP contribution is -2.39. The number of hydrogen-bond acceptors (Lipinski definition) is 11. The molecule has 0 bridgehead atoms. The van der Waals surface area contributed by atoms with E-state index in [1.807, 2.05) is 6.07 Å². The topological polar surface area (TPSA) is 208 Å². The third kappa shape index (κ3) is 20.4. The molecule has 1 aromatic heterocycles. The number of amides is 2. The fourth-order valence-corrected chi connectivity index (χ4v) is 4.96. The molecule has 0 spiro atoms. The number of amidine groups is 2. The average Bonchev–Trinajstić information content (AvgIpc) is 3.57. The summed E-state index contributed by atoms with van der Waals surface area (Å²) in [7, 11) is 0. The largest absolute Gasteiger partial charge is 0.481 e. The van der Waals surface area contributed by atoms with E-state index >= 15 is 0 Å². The summed E-state index contributed by atoms with van der Waals surface area (Å²) < 4.78 is 98.2. The van der Waals surface area contributed by atoms with Crippen LogP contribution in [0, 0.1) is 0 Å². The molecule has 5 N–H and O–H groups in total. The lowest BCUT2D eigenvalue weighted by molar-refractivity contribution is -0.193. The highest BCUT2D eigenvalue weighted by atomic mass is 19.4. The third-order valence-electron chi connectivity index (χ3n) is 7.59. The van der Waals surface area contributed by atoms with Gasteiger partial charge in [0.15, 0.2) is 0 Å². The second-order valence-electron chi connectivity index (χ2n) is 12.3. The molecule has 0 aliphatic carbocycles. The standard InChI is InChI=1S/C29H37N7O4.C4F6O2.C2HF3O.CH4/c37-27(36-24(17-28(38)39)20-8-7-11-30-18-20)19-33-29(40)21-14-22(34-25-9-3-1-5-12-31-25)16-23(15-21)35-26-10-4-2-6-13-32-26;5-3(6,7)1(11)2(12)4(8,9)10;3-2(4,5)1-6;/h7-8,11,14-16,18,24H,1-6,9-10,12-13,17,19H2,(H,31,34)(H,32,35)(H,33,40)(H,36,37)(H,38,39);;1H;1H4. The average molecular weight is 856 g/mol. The number of aliphatic carboxylic acids is 1. The molecule has 2 amide bonds. The number of nitrogens with zero attached hydrogens (tertiary/aromatic N) is 3. The van der Waals surface area contributed by atoms with Gasteiger partial charge in [-0.1, -0.05) is 26.3 Å². The van der Waals surface area contributed by atoms with Crippen LogP contribution in [0.3, 0.4) is 0 Å². The number of halogens is 9. The van der Waals surface area contributed by atoms with Crippen molar-refractivity contribution in [3.63, 3.8) is 0 Å². The zero-order valence-corrected chi connectivity index (χ0v) is 30.3. The maximum atomic E-state index is 13.2. The number of anilines is 2. The Morgan fingerprint density at radius 3 is 1.66 bits per heavy atom. The lowest BCUT2D eigenvalue weighted by atomic mass is 10.1. The molecule has 0 saturated heterocycles. The van der Waals surface area contributed by atoms with E-state index in [-0.39, 0.29) is 20.4 Å². The Bertz CT molecular complexity index is 1730. The number of hydrogen-bond donors (Lipinski definition) is 5. The Hall–Kier alpha value is -5.90. The van der Waals surface area contributed by atoms with Crippen molar-refractivity contribution < 1.29 is 73.4 Å². The monoisotopic (exact) mass is 855 g/mol. The molecule has 0 saturated carbocycles. The Kier molecular flexibility index (Phi) is 20.9. The molecule has 2 aliphatic heterocycles. The number of benzene rings is 1. The van der Waals surface area contributed by atoms with Crippen molar-refractivity contribution in [2.45, 2.75) is 89.8 Å². The highest BCUT2D eigenvalue weighted by Gasteiger charge is 2.54. The summed E-state index contributed by atoms with van der Waals surface area (Å²) in [6.07, 6.45) is -6.24. The molecule has 0 fully saturated rings. The number of carbonyl (C=O) groups is 6. The number of carboxylic acids is 1. The smallest absolute Gasteiger partial charge is 0.458 e. The van der Waals surface area contributed by atoms with E-state index in [9.17, 15) is 68.6 Å². The van der Waals surface area contributed by atoms with Crippen molar-refractivity contribution in [3.8, 4) is 0 Å². The van der Waals surface area contributed by atoms with Gasteiger partial charge >= 0.3 is 36.1 Å². The number of aldehydes is 1. The number of carboxylic acid groups (broad SMARTS) is 1. The predicted molar refractivity (Wildman–Crippen MR) is 196 cm³/mol. The Balaban J connectivity index is 0.000000765. The van der Waals surface area contributed by atoms with Crippen LogP contribution in [-0.2, 0) is 24.0 Å². The number of carbonyl (C=O) groups excluding carboxylic acids is 5. The van der Waals surface area contributed by atoms with Gasteiger partial charge in [-0.3, -0.25) is 43.7 Å². The van der Waals surface area contributed by atoms with Gasteiger partial charge in [0, 0.05) is 55.3 Å². The molecule has 14 nitrogen and oxygen atoms in total. The van der Waals surface area contributed by atoms with E-state index in [1.54, 1.807) is 30.5 Å². The van der Waals surface area contributed by atoms with Crippen molar-refractivity contribution in [1.82, 2.24) is 15.6 Å². The summed E-state index contributed by atoms with van der Waals surface area (Å²) in [5.41, 5.74) is 2.40. The van der Waals surface area contributed by atoms with Crippen LogP contribution < -0.4 is 21.3 Å². The molecule has 4 rings (SSSR count). The van der Waals surface area contributed by atoms with Crippen LogP contribution in [0.25, 0.3) is 0 Å². The zero-order valence-electron chi connectivity index (χ0n) is 30.3. The molecular weight excluding hydrogens is 813 g/mol. The van der Waals surface area contributed by atoms with Crippen LogP contribution in [0.15, 0.2) is 52.7 Å². The summed E-state index contributed by atoms with van der Waals surface area (Å²) in [5.74, 6) is -7.01. The van der Waals surface area contributed by atoms with Crippen molar-refractivity contribution in [2.24, 2.45) is 9.98 Å². The van der Waals surface area contributed by atoms with Crippen LogP contribution in [-0.4, -0.2) is 95.6 Å². The minimum absolute atomic E-state index is 0. The fourth-order valence-electron chi connectivity index (χ4n) is 4.96. The van der Waals surface area contributed by atoms with Gasteiger partial charge < -0.3 is 26.4 Å². The van der Waals surface area contributed by atoms with E-state index in [0.717, 1.165) is 87.5 Å². The van der Waals surface area contributed by atoms with Gasteiger partial charge in [0.25, 0.3) is 5.91 Å². The fraction of sp³-hybridized carbons (Fsp3) is 0.472. The van der Waals surface area contributed by atoms with E-state index in [4.69, 9.17) is 4.79 Å². The van der Waals surface area contributed by atoms with E-state index < -0.39 is 60.2 Å². The SMILES string of the molecule is C.O=C(C(=O)C(F)(F)F)C(F)(F)F.O=C(O)CC(NC(=O)CNC(=O)c1cc(NC2=NCCCCC2)cc(NC2=NCCCCC2)c1)c1cccnc1.O=CC(F)(F)F. The van der Waals surface area contributed by atoms with E-state index in [2.05, 4.69) is 36.2 Å². The normalized spacial score (nSPS) is 14.8. The molecule has 1 aromatic carbocycles. The summed E-state index contributed by atoms with van der Waals surface area (Å²) in [5, 5.41) is 21.4. The highest BCUT2D eigenvalue weighted by molar-refractivity contribution is 6.41. The predicted octanol–water partition coefficient (Wildman–Crippen LogP) is 6.55. The van der Waals surface area contributed by atoms with E-state index in [0.29, 0.717) is 11.1 Å². The van der Waals surface area contributed by atoms with Gasteiger partial charge in [0.1, 0.15) is 11.7 Å². The number of Topliss-reactive ketones (excluding diaryl/α,β-unsaturated/α-hetero) is 2. The lowest BCUT2D eigenvalue weighted by Gasteiger charge is -2.18. The van der Waals surface area contributed by atoms with Gasteiger partial charge in [-0.05, 0) is 55.5 Å². The summed E-state index contributed by atoms with van der Waals surface area (Å²) in [4.78, 5) is 78.4. The first-order chi connectivity index (χ1) is 27.1. The Labute approximate surface area is 331 Å². The van der Waals surface area contributed by atoms with Crippen LogP contribution in [0.4, 0.5) is 50.9 Å². The number of pyridine rings is 1. The first-order valence-corrected chi connectivity index (χ1v) is 17.3. The molecule has 326 valence electrons. The van der Waals surface area contributed by atoms with E-state index in [1.165, 1.54) is 6.20 Å². The van der Waals surface area contributed by atoms with Crippen LogP contribution in [0.2, 0.25) is 0 Å². The number of ketones is 2. The van der Waals surface area contributed by atoms with Gasteiger partial charge in [-0.25, -0.2) is 0 Å². The van der Waals surface area contributed by atoms with Crippen molar-refractivity contribution in [2.75, 3.05) is 30.3 Å². The number of alkyl halides is 9. The maximum Gasteiger partial charge on any atom is 0.458 e. The molecule has 59 heavy (non-hydrogen) atoms. The maximum absolute atomic E-state index is 13.2. The van der Waals surface area contributed by atoms with Crippen LogP contribution in [0.5, 0.6) is 0 Å². The van der Waals surface area contributed by atoms with Crippen molar-refractivity contribution >= 4 is 58.7 Å². The van der Waals surface area contributed by atoms with Crippen LogP contribution in [0.1, 0.15) is 87.2 Å². The van der Waals surface area contributed by atoms with Gasteiger partial charge in [0.2, 0.25) is 12.2 Å². The van der Waals surface area contributed by atoms with Crippen LogP contribution >= 0.6 is 0 Å². The number of rotatable bonds is 10. The molecule has 2 aromatic rings. The van der Waals surface area contributed by atoms with Gasteiger partial charge in [0.05, 0.1) is 19.0 Å². The molecule has 2 aliphatic rings. The zero-order chi connectivity index (χ0) is 43.5. The number of nitrogens with one attached hydrogen (secondary N) is 4. The van der Waals surface area contributed by atoms with Crippen molar-refractivity contribution in [3.05, 3.63) is 53.9 Å². The minimum atomic E-state index is -5.77. The molecule has 0 radical (unpaired) electrons. The Morgan fingerprint density at radius 1 is 0.763 bits per heavy atom. The minimum Gasteiger partial charge on any atom is -0.481 e. The molecule has 3 heterocycles. The first-order valence-electron chi connectivity index (χ1n) is 17.3. The quantitative estimate of drug-likeness (QED) is 0.0990. The number of aromatic nitrogens is 1. The second kappa shape index (κ2) is 24.1. The first kappa shape index (κ1) is 51.1. The molecular formula is C36H42F9N7O7. The molecule has 23 heteroatoms. The van der Waals surface area contributed by atoms with Gasteiger partial charge in [-0.15, -0.1) is 0 Å². The summed E-state index contributed by atoms with van der Waals surface area (Å²) >= 11 is 0. The molecule has 1 unspecified atom stereocenters. The highest BCUT2D eigenvalue weighted by Crippen LogP contribution is 2.25. The Morgan fingerprint density at radius 2 is 1.25 bits per heavy atom. The summed E-state index contributed by atoms with van der Waals surface area (Å²) in [6.45, 7) is 1.25. The van der Waals surface area contributed by atoms with Crippen molar-refractivity contribution in [1.29, 1.82) is 0 Å². The number of aliphatic imine (C=N–C) groups is 2. The molecule has 1 atom stereocenters. The summed E-state index contributed by atoms with van der Waals surface area (Å²) in [6, 6.07) is 8.03.